The molecule has 8 heteroatoms. The molecule has 1 amide bonds. The lowest BCUT2D eigenvalue weighted by Crippen LogP contribution is -2.38. The summed E-state index contributed by atoms with van der Waals surface area (Å²) in [6.45, 7) is 0.501. The number of nitrogens with one attached hydrogen (secondary N) is 1. The fourth-order valence-corrected chi connectivity index (χ4v) is 4.94. The molecule has 35 heavy (non-hydrogen) atoms. The summed E-state index contributed by atoms with van der Waals surface area (Å²) >= 11 is 5.65. The topological polar surface area (TPSA) is 95.1 Å². The molecule has 1 aliphatic rings. The maximum atomic E-state index is 11.7. The van der Waals surface area contributed by atoms with Crippen LogP contribution in [-0.4, -0.2) is 32.4 Å². The molecule has 2 heterocycles. The van der Waals surface area contributed by atoms with Gasteiger partial charge in [0.25, 0.3) is 0 Å². The molecule has 0 bridgehead atoms. The summed E-state index contributed by atoms with van der Waals surface area (Å²) in [6.07, 6.45) is 7.30. The molecule has 0 radical (unpaired) electrons. The van der Waals surface area contributed by atoms with Gasteiger partial charge in [0, 0.05) is 23.8 Å². The first-order valence-corrected chi connectivity index (χ1v) is 12.4. The van der Waals surface area contributed by atoms with Gasteiger partial charge in [-0.3, -0.25) is 4.79 Å². The number of alkyl halides is 1. The summed E-state index contributed by atoms with van der Waals surface area (Å²) in [4.78, 5) is 20.5. The summed E-state index contributed by atoms with van der Waals surface area (Å²) in [7, 11) is 0. The Labute approximate surface area is 209 Å². The van der Waals surface area contributed by atoms with Crippen LogP contribution in [0.1, 0.15) is 37.3 Å². The second-order valence-electron chi connectivity index (χ2n) is 8.92. The first-order chi connectivity index (χ1) is 17.1. The number of carbonyl (C=O) groups excluding carboxylic acids is 1. The third-order valence-electron chi connectivity index (χ3n) is 6.61. The highest BCUT2D eigenvalue weighted by Crippen LogP contribution is 2.38. The van der Waals surface area contributed by atoms with E-state index in [2.05, 4.69) is 32.1 Å². The van der Waals surface area contributed by atoms with Gasteiger partial charge in [-0.25, -0.2) is 9.97 Å². The Morgan fingerprint density at radius 3 is 2.66 bits per heavy atom. The molecule has 1 aliphatic carbocycles. The lowest BCUT2D eigenvalue weighted by molar-refractivity contribution is -0.119. The molecular formula is C27H28ClN5O2. The van der Waals surface area contributed by atoms with E-state index in [-0.39, 0.29) is 23.9 Å². The van der Waals surface area contributed by atoms with Crippen molar-refractivity contribution in [2.75, 3.05) is 11.6 Å². The second-order valence-corrected chi connectivity index (χ2v) is 9.18. The number of ether oxygens (including phenoxy) is 1. The van der Waals surface area contributed by atoms with Crippen LogP contribution >= 0.6 is 11.6 Å². The second kappa shape index (κ2) is 10.4. The van der Waals surface area contributed by atoms with Crippen molar-refractivity contribution < 1.29 is 9.53 Å². The zero-order valence-electron chi connectivity index (χ0n) is 19.4. The van der Waals surface area contributed by atoms with Crippen molar-refractivity contribution in [3.63, 3.8) is 0 Å². The first kappa shape index (κ1) is 23.2. The van der Waals surface area contributed by atoms with Gasteiger partial charge in [-0.05, 0) is 48.9 Å². The monoisotopic (exact) mass is 489 g/mol. The molecule has 180 valence electrons. The highest BCUT2D eigenvalue weighted by Gasteiger charge is 2.26. The Bertz CT molecular complexity index is 1320. The SMILES string of the molecule is Nc1ncnc2c1c(-c1cccc(OCc3ccccc3)c1)cn2C1CCC(NC(=O)CCl)CC1. The molecule has 7 nitrogen and oxygen atoms in total. The fraction of sp³-hybridized carbons (Fsp3) is 0.296. The average molecular weight is 490 g/mol. The maximum absolute atomic E-state index is 11.7. The number of benzene rings is 2. The summed E-state index contributed by atoms with van der Waals surface area (Å²) in [5.41, 5.74) is 10.3. The number of amides is 1. The number of rotatable bonds is 7. The molecule has 1 fully saturated rings. The van der Waals surface area contributed by atoms with Gasteiger partial charge in [-0.1, -0.05) is 42.5 Å². The van der Waals surface area contributed by atoms with Crippen LogP contribution in [0.5, 0.6) is 5.75 Å². The van der Waals surface area contributed by atoms with E-state index < -0.39 is 0 Å². The Morgan fingerprint density at radius 2 is 1.89 bits per heavy atom. The van der Waals surface area contributed by atoms with Gasteiger partial charge in [0.05, 0.1) is 5.39 Å². The zero-order valence-corrected chi connectivity index (χ0v) is 20.1. The first-order valence-electron chi connectivity index (χ1n) is 11.9. The van der Waals surface area contributed by atoms with E-state index in [1.54, 1.807) is 0 Å². The number of nitrogens with zero attached hydrogens (tertiary/aromatic N) is 3. The quantitative estimate of drug-likeness (QED) is 0.352. The van der Waals surface area contributed by atoms with Crippen molar-refractivity contribution in [2.24, 2.45) is 0 Å². The van der Waals surface area contributed by atoms with Gasteiger partial charge >= 0.3 is 0 Å². The van der Waals surface area contributed by atoms with Crippen molar-refractivity contribution in [3.05, 3.63) is 72.7 Å². The van der Waals surface area contributed by atoms with Crippen LogP contribution < -0.4 is 15.8 Å². The number of fused-ring (bicyclic) bond motifs is 1. The van der Waals surface area contributed by atoms with E-state index in [0.29, 0.717) is 12.4 Å². The average Bonchev–Trinajstić information content (AvgIpc) is 3.30. The maximum Gasteiger partial charge on any atom is 0.235 e. The van der Waals surface area contributed by atoms with Gasteiger partial charge in [0.1, 0.15) is 36.0 Å². The molecule has 4 aromatic rings. The third kappa shape index (κ3) is 5.10. The highest BCUT2D eigenvalue weighted by atomic mass is 35.5. The molecule has 3 N–H and O–H groups in total. The Morgan fingerprint density at radius 1 is 1.09 bits per heavy atom. The third-order valence-corrected chi connectivity index (χ3v) is 6.85. The molecule has 2 aromatic carbocycles. The highest BCUT2D eigenvalue weighted by molar-refractivity contribution is 6.27. The lowest BCUT2D eigenvalue weighted by atomic mass is 9.91. The summed E-state index contributed by atoms with van der Waals surface area (Å²) < 4.78 is 8.28. The van der Waals surface area contributed by atoms with E-state index in [1.807, 2.05) is 48.5 Å². The van der Waals surface area contributed by atoms with Gasteiger partial charge in [-0.2, -0.15) is 0 Å². The molecular weight excluding hydrogens is 462 g/mol. The molecule has 0 atom stereocenters. The number of hydrogen-bond donors (Lipinski definition) is 2. The van der Waals surface area contributed by atoms with Gasteiger partial charge in [0.15, 0.2) is 0 Å². The molecule has 0 unspecified atom stereocenters. The molecule has 0 saturated heterocycles. The Kier molecular flexibility index (Phi) is 6.86. The van der Waals surface area contributed by atoms with Crippen LogP contribution in [0.3, 0.4) is 0 Å². The summed E-state index contributed by atoms with van der Waals surface area (Å²) in [5.74, 6) is 1.13. The number of nitrogen functional groups attached to an aromatic ring is 1. The molecule has 2 aromatic heterocycles. The summed E-state index contributed by atoms with van der Waals surface area (Å²) in [6, 6.07) is 18.6. The predicted octanol–water partition coefficient (Wildman–Crippen LogP) is 5.10. The van der Waals surface area contributed by atoms with E-state index in [4.69, 9.17) is 22.1 Å². The lowest BCUT2D eigenvalue weighted by Gasteiger charge is -2.30. The zero-order chi connectivity index (χ0) is 24.2. The Hall–Kier alpha value is -3.58. The Balaban J connectivity index is 1.41. The standard InChI is InChI=1S/C27H28ClN5O2/c28-14-24(34)32-20-9-11-21(12-10-20)33-15-23(25-26(29)30-17-31-27(25)33)19-7-4-8-22(13-19)35-16-18-5-2-1-3-6-18/h1-8,13,15,17,20-21H,9-12,14,16H2,(H,32,34)(H2,29,30,31). The van der Waals surface area contributed by atoms with E-state index in [0.717, 1.165) is 59.2 Å². The van der Waals surface area contributed by atoms with Gasteiger partial charge < -0.3 is 20.4 Å². The van der Waals surface area contributed by atoms with Crippen LogP contribution in [0.25, 0.3) is 22.2 Å². The summed E-state index contributed by atoms with van der Waals surface area (Å²) in [5, 5.41) is 3.86. The van der Waals surface area contributed by atoms with Crippen LogP contribution in [0.15, 0.2) is 67.1 Å². The van der Waals surface area contributed by atoms with Crippen molar-refractivity contribution in [2.45, 2.75) is 44.4 Å². The molecule has 1 saturated carbocycles. The molecule has 0 spiro atoms. The van der Waals surface area contributed by atoms with Crippen molar-refractivity contribution >= 4 is 34.4 Å². The van der Waals surface area contributed by atoms with E-state index in [1.165, 1.54) is 6.33 Å². The van der Waals surface area contributed by atoms with Crippen molar-refractivity contribution in [3.8, 4) is 16.9 Å². The largest absolute Gasteiger partial charge is 0.489 e. The number of carbonyl (C=O) groups is 1. The molecule has 0 aliphatic heterocycles. The number of halogens is 1. The molecule has 5 rings (SSSR count). The van der Waals surface area contributed by atoms with Gasteiger partial charge in [0.2, 0.25) is 5.91 Å². The number of anilines is 1. The van der Waals surface area contributed by atoms with Crippen LogP contribution in [-0.2, 0) is 11.4 Å². The minimum atomic E-state index is -0.112. The van der Waals surface area contributed by atoms with Crippen molar-refractivity contribution in [1.29, 1.82) is 0 Å². The van der Waals surface area contributed by atoms with Crippen molar-refractivity contribution in [1.82, 2.24) is 19.9 Å². The number of hydrogen-bond acceptors (Lipinski definition) is 5. The minimum absolute atomic E-state index is 0.00412. The van der Waals surface area contributed by atoms with Crippen LogP contribution in [0, 0.1) is 0 Å². The minimum Gasteiger partial charge on any atom is -0.489 e. The van der Waals surface area contributed by atoms with Crippen LogP contribution in [0.2, 0.25) is 0 Å². The van der Waals surface area contributed by atoms with E-state index in [9.17, 15) is 4.79 Å². The van der Waals surface area contributed by atoms with Gasteiger partial charge in [-0.15, -0.1) is 11.6 Å². The number of nitrogens with two attached hydrogens (primary N) is 1. The van der Waals surface area contributed by atoms with Crippen LogP contribution in [0.4, 0.5) is 5.82 Å². The predicted molar refractivity (Wildman–Crippen MR) is 138 cm³/mol. The fourth-order valence-electron chi connectivity index (χ4n) is 4.86. The smallest absolute Gasteiger partial charge is 0.235 e. The van der Waals surface area contributed by atoms with E-state index >= 15 is 0 Å². The normalized spacial score (nSPS) is 17.9. The number of aromatic nitrogens is 3.